The molecule has 1 amide bonds. The lowest BCUT2D eigenvalue weighted by Crippen LogP contribution is -2.28. The Bertz CT molecular complexity index is 656. The van der Waals surface area contributed by atoms with Gasteiger partial charge in [0.05, 0.1) is 0 Å². The minimum absolute atomic E-state index is 0.0363. The zero-order chi connectivity index (χ0) is 13.6. The SMILES string of the molecule is CCn1c(C(=O)NC2CC2)c(C)c2cc(Cl)ccc21. The highest BCUT2D eigenvalue weighted by molar-refractivity contribution is 6.31. The number of nitrogens with one attached hydrogen (secondary N) is 1. The molecule has 2 aromatic rings. The Morgan fingerprint density at radius 1 is 1.47 bits per heavy atom. The molecule has 3 rings (SSSR count). The van der Waals surface area contributed by atoms with E-state index < -0.39 is 0 Å². The van der Waals surface area contributed by atoms with E-state index in [0.29, 0.717) is 11.1 Å². The summed E-state index contributed by atoms with van der Waals surface area (Å²) in [6.45, 7) is 4.83. The molecule has 4 heteroatoms. The van der Waals surface area contributed by atoms with E-state index in [2.05, 4.69) is 16.8 Å². The number of carbonyl (C=O) groups is 1. The average molecular weight is 277 g/mol. The molecule has 1 aromatic carbocycles. The van der Waals surface area contributed by atoms with Crippen LogP contribution in [-0.2, 0) is 6.54 Å². The van der Waals surface area contributed by atoms with Gasteiger partial charge in [-0.15, -0.1) is 0 Å². The number of hydrogen-bond acceptors (Lipinski definition) is 1. The Morgan fingerprint density at radius 3 is 2.84 bits per heavy atom. The van der Waals surface area contributed by atoms with E-state index in [9.17, 15) is 4.79 Å². The molecule has 3 nitrogen and oxygen atoms in total. The molecule has 0 aliphatic heterocycles. The van der Waals surface area contributed by atoms with Crippen LogP contribution in [0.1, 0.15) is 35.8 Å². The number of carbonyl (C=O) groups excluding carboxylic acids is 1. The number of rotatable bonds is 3. The molecule has 1 N–H and O–H groups in total. The molecule has 0 atom stereocenters. The molecule has 1 saturated carbocycles. The third-order valence-corrected chi connectivity index (χ3v) is 3.96. The second-order valence-electron chi connectivity index (χ2n) is 5.13. The summed E-state index contributed by atoms with van der Waals surface area (Å²) in [5.41, 5.74) is 2.86. The van der Waals surface area contributed by atoms with Crippen LogP contribution in [0.15, 0.2) is 18.2 Å². The zero-order valence-electron chi connectivity index (χ0n) is 11.2. The first-order valence-electron chi connectivity index (χ1n) is 6.71. The zero-order valence-corrected chi connectivity index (χ0v) is 11.9. The van der Waals surface area contributed by atoms with Crippen molar-refractivity contribution in [1.29, 1.82) is 0 Å². The Labute approximate surface area is 117 Å². The highest BCUT2D eigenvalue weighted by atomic mass is 35.5. The number of amides is 1. The molecule has 100 valence electrons. The summed E-state index contributed by atoms with van der Waals surface area (Å²) >= 11 is 6.06. The molecule has 1 aliphatic rings. The lowest BCUT2D eigenvalue weighted by Gasteiger charge is -2.09. The summed E-state index contributed by atoms with van der Waals surface area (Å²) < 4.78 is 2.07. The minimum Gasteiger partial charge on any atom is -0.348 e. The van der Waals surface area contributed by atoms with E-state index >= 15 is 0 Å². The van der Waals surface area contributed by atoms with Crippen molar-refractivity contribution in [2.75, 3.05) is 0 Å². The van der Waals surface area contributed by atoms with Crippen molar-refractivity contribution in [2.24, 2.45) is 0 Å². The molecule has 1 fully saturated rings. The fourth-order valence-electron chi connectivity index (χ4n) is 2.60. The maximum absolute atomic E-state index is 12.4. The lowest BCUT2D eigenvalue weighted by atomic mass is 10.1. The fourth-order valence-corrected chi connectivity index (χ4v) is 2.77. The van der Waals surface area contributed by atoms with Crippen molar-refractivity contribution >= 4 is 28.4 Å². The van der Waals surface area contributed by atoms with Crippen LogP contribution >= 0.6 is 11.6 Å². The number of fused-ring (bicyclic) bond motifs is 1. The van der Waals surface area contributed by atoms with Crippen LogP contribution in [0.25, 0.3) is 10.9 Å². The van der Waals surface area contributed by atoms with E-state index in [0.717, 1.165) is 41.5 Å². The standard InChI is InChI=1S/C15H17ClN2O/c1-3-18-13-7-4-10(16)8-12(13)9(2)14(18)15(19)17-11-5-6-11/h4,7-8,11H,3,5-6H2,1-2H3,(H,17,19). The minimum atomic E-state index is 0.0363. The topological polar surface area (TPSA) is 34.0 Å². The van der Waals surface area contributed by atoms with Crippen molar-refractivity contribution in [3.8, 4) is 0 Å². The van der Waals surface area contributed by atoms with Gasteiger partial charge in [-0.2, -0.15) is 0 Å². The third-order valence-electron chi connectivity index (χ3n) is 3.72. The van der Waals surface area contributed by atoms with Gasteiger partial charge in [0.1, 0.15) is 5.69 Å². The fraction of sp³-hybridized carbons (Fsp3) is 0.400. The van der Waals surface area contributed by atoms with E-state index in [1.165, 1.54) is 0 Å². The van der Waals surface area contributed by atoms with Crippen LogP contribution in [0, 0.1) is 6.92 Å². The number of nitrogens with zero attached hydrogens (tertiary/aromatic N) is 1. The van der Waals surface area contributed by atoms with Crippen LogP contribution in [-0.4, -0.2) is 16.5 Å². The van der Waals surface area contributed by atoms with Crippen LogP contribution < -0.4 is 5.32 Å². The summed E-state index contributed by atoms with van der Waals surface area (Å²) in [7, 11) is 0. The number of aryl methyl sites for hydroxylation is 2. The van der Waals surface area contributed by atoms with Crippen LogP contribution in [0.3, 0.4) is 0 Å². The molecule has 0 saturated heterocycles. The summed E-state index contributed by atoms with van der Waals surface area (Å²) in [4.78, 5) is 12.4. The number of benzene rings is 1. The van der Waals surface area contributed by atoms with Gasteiger partial charge in [0.2, 0.25) is 0 Å². The largest absolute Gasteiger partial charge is 0.348 e. The van der Waals surface area contributed by atoms with E-state index in [-0.39, 0.29) is 5.91 Å². The van der Waals surface area contributed by atoms with E-state index in [1.807, 2.05) is 25.1 Å². The van der Waals surface area contributed by atoms with Gasteiger partial charge in [0, 0.05) is 28.5 Å². The predicted molar refractivity (Wildman–Crippen MR) is 77.8 cm³/mol. The molecule has 0 spiro atoms. The second-order valence-corrected chi connectivity index (χ2v) is 5.56. The number of aromatic nitrogens is 1. The molecular weight excluding hydrogens is 260 g/mol. The summed E-state index contributed by atoms with van der Waals surface area (Å²) in [6, 6.07) is 6.17. The smallest absolute Gasteiger partial charge is 0.268 e. The summed E-state index contributed by atoms with van der Waals surface area (Å²) in [5.74, 6) is 0.0363. The first-order chi connectivity index (χ1) is 9.11. The Hall–Kier alpha value is -1.48. The highest BCUT2D eigenvalue weighted by Gasteiger charge is 2.27. The molecule has 0 unspecified atom stereocenters. The maximum Gasteiger partial charge on any atom is 0.268 e. The van der Waals surface area contributed by atoms with Gasteiger partial charge in [0.25, 0.3) is 5.91 Å². The summed E-state index contributed by atoms with van der Waals surface area (Å²) in [5, 5.41) is 4.84. The van der Waals surface area contributed by atoms with Gasteiger partial charge in [-0.1, -0.05) is 11.6 Å². The molecule has 0 bridgehead atoms. The van der Waals surface area contributed by atoms with Crippen LogP contribution in [0.5, 0.6) is 0 Å². The first kappa shape index (κ1) is 12.5. The van der Waals surface area contributed by atoms with Crippen molar-refractivity contribution in [3.05, 3.63) is 34.5 Å². The predicted octanol–water partition coefficient (Wildman–Crippen LogP) is 3.52. The van der Waals surface area contributed by atoms with E-state index in [1.54, 1.807) is 0 Å². The third kappa shape index (κ3) is 2.12. The van der Waals surface area contributed by atoms with Gasteiger partial charge < -0.3 is 9.88 Å². The van der Waals surface area contributed by atoms with Crippen molar-refractivity contribution in [1.82, 2.24) is 9.88 Å². The van der Waals surface area contributed by atoms with Crippen LogP contribution in [0.2, 0.25) is 5.02 Å². The normalized spacial score (nSPS) is 14.9. The second kappa shape index (κ2) is 4.57. The Kier molecular flexibility index (Phi) is 3.02. The van der Waals surface area contributed by atoms with Gasteiger partial charge in [-0.3, -0.25) is 4.79 Å². The molecule has 0 radical (unpaired) electrons. The monoisotopic (exact) mass is 276 g/mol. The van der Waals surface area contributed by atoms with E-state index in [4.69, 9.17) is 11.6 Å². The number of hydrogen-bond donors (Lipinski definition) is 1. The Balaban J connectivity index is 2.15. The lowest BCUT2D eigenvalue weighted by molar-refractivity contribution is 0.0941. The molecule has 1 aromatic heterocycles. The molecule has 1 heterocycles. The molecule has 19 heavy (non-hydrogen) atoms. The van der Waals surface area contributed by atoms with Crippen LogP contribution in [0.4, 0.5) is 0 Å². The molecular formula is C15H17ClN2O. The van der Waals surface area contributed by atoms with Gasteiger partial charge in [-0.25, -0.2) is 0 Å². The van der Waals surface area contributed by atoms with Crippen molar-refractivity contribution < 1.29 is 4.79 Å². The first-order valence-corrected chi connectivity index (χ1v) is 7.08. The highest BCUT2D eigenvalue weighted by Crippen LogP contribution is 2.29. The van der Waals surface area contributed by atoms with Gasteiger partial charge >= 0.3 is 0 Å². The Morgan fingerprint density at radius 2 is 2.21 bits per heavy atom. The molecule has 1 aliphatic carbocycles. The summed E-state index contributed by atoms with van der Waals surface area (Å²) in [6.07, 6.45) is 2.20. The van der Waals surface area contributed by atoms with Crippen molar-refractivity contribution in [2.45, 2.75) is 39.3 Å². The van der Waals surface area contributed by atoms with Gasteiger partial charge in [0.15, 0.2) is 0 Å². The average Bonchev–Trinajstić information content (AvgIpc) is 3.14. The van der Waals surface area contributed by atoms with Crippen molar-refractivity contribution in [3.63, 3.8) is 0 Å². The quantitative estimate of drug-likeness (QED) is 0.914. The maximum atomic E-state index is 12.4. The number of halogens is 1. The van der Waals surface area contributed by atoms with Gasteiger partial charge in [-0.05, 0) is 50.5 Å².